The van der Waals surface area contributed by atoms with Crippen LogP contribution in [-0.4, -0.2) is 21.5 Å². The van der Waals surface area contributed by atoms with E-state index in [0.717, 1.165) is 31.2 Å². The number of hydrogen-bond donors (Lipinski definition) is 1. The van der Waals surface area contributed by atoms with Crippen LogP contribution >= 0.6 is 0 Å². The first-order chi connectivity index (χ1) is 7.83. The maximum atomic E-state index is 4.47. The molecule has 2 aromatic rings. The Bertz CT molecular complexity index is 489. The molecular weight excluding hydrogens is 200 g/mol. The third-order valence-corrected chi connectivity index (χ3v) is 2.86. The summed E-state index contributed by atoms with van der Waals surface area (Å²) in [6, 6.07) is 6.80. The summed E-state index contributed by atoms with van der Waals surface area (Å²) >= 11 is 0. The lowest BCUT2D eigenvalue weighted by Crippen LogP contribution is -2.30. The zero-order valence-electron chi connectivity index (χ0n) is 9.20. The number of fused-ring (bicyclic) bond motifs is 1. The smallest absolute Gasteiger partial charge is 0.129 e. The van der Waals surface area contributed by atoms with Crippen LogP contribution in [0.4, 0.5) is 5.82 Å². The van der Waals surface area contributed by atoms with E-state index in [1.54, 1.807) is 6.20 Å². The molecule has 3 rings (SSSR count). The van der Waals surface area contributed by atoms with Crippen molar-refractivity contribution in [2.45, 2.75) is 19.9 Å². The lowest BCUT2D eigenvalue weighted by atomic mass is 10.1. The highest BCUT2D eigenvalue weighted by Gasteiger charge is 2.19. The largest absolute Gasteiger partial charge is 0.350 e. The summed E-state index contributed by atoms with van der Waals surface area (Å²) in [4.78, 5) is 14.4. The molecule has 1 aliphatic heterocycles. The molecule has 0 aliphatic carbocycles. The molecule has 0 unspecified atom stereocenters. The average molecular weight is 213 g/mol. The van der Waals surface area contributed by atoms with Crippen LogP contribution in [0, 0.1) is 13.0 Å². The number of anilines is 1. The molecule has 2 aromatic heterocycles. The predicted octanol–water partition coefficient (Wildman–Crippen LogP) is 1.48. The van der Waals surface area contributed by atoms with Crippen LogP contribution in [0.15, 0.2) is 18.3 Å². The molecule has 0 saturated heterocycles. The molecule has 0 saturated carbocycles. The van der Waals surface area contributed by atoms with Crippen molar-refractivity contribution in [3.05, 3.63) is 41.6 Å². The van der Waals surface area contributed by atoms with Crippen LogP contribution < -0.4 is 4.90 Å². The van der Waals surface area contributed by atoms with E-state index in [-0.39, 0.29) is 0 Å². The van der Waals surface area contributed by atoms with Crippen LogP contribution in [0.1, 0.15) is 17.2 Å². The van der Waals surface area contributed by atoms with Crippen LogP contribution in [0.5, 0.6) is 0 Å². The molecule has 16 heavy (non-hydrogen) atoms. The maximum absolute atomic E-state index is 4.47. The third kappa shape index (κ3) is 1.56. The molecule has 0 fully saturated rings. The quantitative estimate of drug-likeness (QED) is 0.780. The highest BCUT2D eigenvalue weighted by Crippen LogP contribution is 2.20. The van der Waals surface area contributed by atoms with Gasteiger partial charge in [0.05, 0.1) is 17.9 Å². The molecule has 0 amide bonds. The van der Waals surface area contributed by atoms with Gasteiger partial charge in [0.2, 0.25) is 0 Å². The Morgan fingerprint density at radius 1 is 1.50 bits per heavy atom. The molecule has 81 valence electrons. The van der Waals surface area contributed by atoms with E-state index in [4.69, 9.17) is 0 Å². The number of nitrogens with zero attached hydrogens (tertiary/aromatic N) is 3. The second-order valence-electron chi connectivity index (χ2n) is 4.03. The summed E-state index contributed by atoms with van der Waals surface area (Å²) in [5, 5.41) is 0. The van der Waals surface area contributed by atoms with Crippen molar-refractivity contribution in [1.82, 2.24) is 15.0 Å². The van der Waals surface area contributed by atoms with Crippen molar-refractivity contribution in [2.24, 2.45) is 0 Å². The van der Waals surface area contributed by atoms with E-state index in [1.807, 2.05) is 19.1 Å². The fourth-order valence-electron chi connectivity index (χ4n) is 2.12. The van der Waals surface area contributed by atoms with Crippen LogP contribution in [0.3, 0.4) is 0 Å². The van der Waals surface area contributed by atoms with Gasteiger partial charge in [0.15, 0.2) is 0 Å². The monoisotopic (exact) mass is 213 g/mol. The first-order valence-electron chi connectivity index (χ1n) is 5.44. The standard InChI is InChI=1S/C12H13N4/c1-9-14-10-5-7-16(8-11(10)15-9)12-4-2-3-6-13-12/h3-4,6H,5,7-8H2,1H3,(H,14,15). The van der Waals surface area contributed by atoms with Gasteiger partial charge in [-0.2, -0.15) is 0 Å². The molecule has 0 atom stereocenters. The van der Waals surface area contributed by atoms with Gasteiger partial charge in [0, 0.05) is 19.2 Å². The molecule has 1 radical (unpaired) electrons. The van der Waals surface area contributed by atoms with Crippen LogP contribution in [-0.2, 0) is 13.0 Å². The van der Waals surface area contributed by atoms with Gasteiger partial charge in [0.25, 0.3) is 0 Å². The minimum absolute atomic E-state index is 0.862. The van der Waals surface area contributed by atoms with E-state index >= 15 is 0 Å². The molecule has 0 spiro atoms. The molecule has 0 aromatic carbocycles. The van der Waals surface area contributed by atoms with E-state index in [1.165, 1.54) is 11.4 Å². The summed E-state index contributed by atoms with van der Waals surface area (Å²) in [6.45, 7) is 3.83. The summed E-state index contributed by atoms with van der Waals surface area (Å²) in [5.74, 6) is 1.99. The maximum Gasteiger partial charge on any atom is 0.129 e. The van der Waals surface area contributed by atoms with E-state index < -0.39 is 0 Å². The average Bonchev–Trinajstić information content (AvgIpc) is 2.69. The van der Waals surface area contributed by atoms with E-state index in [2.05, 4.69) is 25.9 Å². The Labute approximate surface area is 94.4 Å². The number of pyridine rings is 1. The fourth-order valence-corrected chi connectivity index (χ4v) is 2.12. The summed E-state index contributed by atoms with van der Waals surface area (Å²) < 4.78 is 0. The lowest BCUT2D eigenvalue weighted by molar-refractivity contribution is 0.701. The first-order valence-corrected chi connectivity index (χ1v) is 5.44. The molecule has 4 heteroatoms. The van der Waals surface area contributed by atoms with Crippen LogP contribution in [0.25, 0.3) is 0 Å². The number of aryl methyl sites for hydroxylation is 1. The highest BCUT2D eigenvalue weighted by molar-refractivity contribution is 5.40. The topological polar surface area (TPSA) is 44.8 Å². The number of aromatic nitrogens is 3. The Balaban J connectivity index is 1.88. The first kappa shape index (κ1) is 9.39. The van der Waals surface area contributed by atoms with Gasteiger partial charge in [-0.05, 0) is 25.1 Å². The second kappa shape index (κ2) is 3.63. The molecule has 3 heterocycles. The van der Waals surface area contributed by atoms with Gasteiger partial charge in [-0.1, -0.05) is 0 Å². The van der Waals surface area contributed by atoms with Gasteiger partial charge in [-0.25, -0.2) is 9.97 Å². The SMILES string of the molecule is Cc1nc2c([nH]1)CN(c1c[c]ccn1)CC2. The fraction of sp³-hybridized carbons (Fsp3) is 0.333. The number of hydrogen-bond acceptors (Lipinski definition) is 3. The lowest BCUT2D eigenvalue weighted by Gasteiger charge is -2.26. The Hall–Kier alpha value is -1.84. The van der Waals surface area contributed by atoms with Crippen molar-refractivity contribution in [1.29, 1.82) is 0 Å². The van der Waals surface area contributed by atoms with Crippen molar-refractivity contribution in [2.75, 3.05) is 11.4 Å². The van der Waals surface area contributed by atoms with Crippen molar-refractivity contribution in [3.8, 4) is 0 Å². The van der Waals surface area contributed by atoms with Crippen molar-refractivity contribution < 1.29 is 0 Å². The summed E-state index contributed by atoms with van der Waals surface area (Å²) in [6.07, 6.45) is 2.76. The molecular formula is C12H13N4. The predicted molar refractivity (Wildman–Crippen MR) is 61.2 cm³/mol. The van der Waals surface area contributed by atoms with Crippen molar-refractivity contribution in [3.63, 3.8) is 0 Å². The second-order valence-corrected chi connectivity index (χ2v) is 4.03. The minimum Gasteiger partial charge on any atom is -0.350 e. The zero-order valence-corrected chi connectivity index (χ0v) is 9.20. The normalized spacial score (nSPS) is 14.9. The van der Waals surface area contributed by atoms with Crippen molar-refractivity contribution >= 4 is 5.82 Å². The summed E-state index contributed by atoms with van der Waals surface area (Å²) in [5.41, 5.74) is 2.42. The Morgan fingerprint density at radius 3 is 3.25 bits per heavy atom. The molecule has 1 aliphatic rings. The minimum atomic E-state index is 0.862. The van der Waals surface area contributed by atoms with Gasteiger partial charge in [-0.3, -0.25) is 0 Å². The zero-order chi connectivity index (χ0) is 11.0. The third-order valence-electron chi connectivity index (χ3n) is 2.86. The van der Waals surface area contributed by atoms with Gasteiger partial charge < -0.3 is 9.88 Å². The Morgan fingerprint density at radius 2 is 2.44 bits per heavy atom. The number of rotatable bonds is 1. The molecule has 0 bridgehead atoms. The van der Waals surface area contributed by atoms with Gasteiger partial charge in [0.1, 0.15) is 11.6 Å². The number of nitrogens with one attached hydrogen (secondary N) is 1. The highest BCUT2D eigenvalue weighted by atomic mass is 15.2. The molecule has 4 nitrogen and oxygen atoms in total. The van der Waals surface area contributed by atoms with Gasteiger partial charge >= 0.3 is 0 Å². The van der Waals surface area contributed by atoms with Gasteiger partial charge in [-0.15, -0.1) is 0 Å². The van der Waals surface area contributed by atoms with Crippen LogP contribution in [0.2, 0.25) is 0 Å². The summed E-state index contributed by atoms with van der Waals surface area (Å²) in [7, 11) is 0. The number of H-pyrrole nitrogens is 1. The number of aromatic amines is 1. The van der Waals surface area contributed by atoms with E-state index in [0.29, 0.717) is 0 Å². The number of imidazole rings is 1. The van der Waals surface area contributed by atoms with E-state index in [9.17, 15) is 0 Å². The molecule has 1 N–H and O–H groups in total. The Kier molecular flexibility index (Phi) is 2.13.